The van der Waals surface area contributed by atoms with Crippen LogP contribution in [0.15, 0.2) is 36.0 Å². The van der Waals surface area contributed by atoms with Crippen molar-refractivity contribution < 1.29 is 27.5 Å². The summed E-state index contributed by atoms with van der Waals surface area (Å²) in [7, 11) is -2.93. The normalized spacial score (nSPS) is 16.1. The third-order valence-electron chi connectivity index (χ3n) is 3.85. The predicted molar refractivity (Wildman–Crippen MR) is 102 cm³/mol. The zero-order valence-electron chi connectivity index (χ0n) is 16.1. The van der Waals surface area contributed by atoms with E-state index >= 15 is 0 Å². The molecule has 1 aliphatic rings. The number of nitrogens with one attached hydrogen (secondary N) is 2. The lowest BCUT2D eigenvalue weighted by molar-refractivity contribution is -0.141. The van der Waals surface area contributed by atoms with E-state index in [-0.39, 0.29) is 23.7 Å². The molecular weight excluding hydrogens is 386 g/mol. The molecule has 0 aromatic heterocycles. The second-order valence-electron chi connectivity index (χ2n) is 7.02. The van der Waals surface area contributed by atoms with E-state index in [0.29, 0.717) is 5.56 Å². The van der Waals surface area contributed by atoms with Gasteiger partial charge in [0.2, 0.25) is 5.91 Å². The number of hydrogen-bond acceptors (Lipinski definition) is 7. The van der Waals surface area contributed by atoms with Gasteiger partial charge in [-0.25, -0.2) is 12.7 Å². The van der Waals surface area contributed by atoms with Crippen molar-refractivity contribution in [2.45, 2.75) is 26.3 Å². The van der Waals surface area contributed by atoms with Crippen molar-refractivity contribution in [1.82, 2.24) is 14.9 Å². The lowest BCUT2D eigenvalue weighted by Crippen LogP contribution is -2.47. The van der Waals surface area contributed by atoms with Crippen LogP contribution in [0.2, 0.25) is 0 Å². The van der Waals surface area contributed by atoms with Crippen molar-refractivity contribution >= 4 is 32.7 Å². The maximum atomic E-state index is 13.1. The molecule has 1 aromatic carbocycles. The number of sulfonamides is 1. The average Bonchev–Trinajstić information content (AvgIpc) is 2.82. The quantitative estimate of drug-likeness (QED) is 0.644. The summed E-state index contributed by atoms with van der Waals surface area (Å²) in [6.45, 7) is 4.11. The molecule has 0 saturated heterocycles. The molecule has 0 unspecified atom stereocenters. The van der Waals surface area contributed by atoms with E-state index in [2.05, 4.69) is 15.4 Å². The Labute approximate surface area is 163 Å². The van der Waals surface area contributed by atoms with Crippen LogP contribution < -0.4 is 10.6 Å². The van der Waals surface area contributed by atoms with Gasteiger partial charge in [0, 0.05) is 0 Å². The topological polar surface area (TPSA) is 122 Å². The summed E-state index contributed by atoms with van der Waals surface area (Å²) >= 11 is 0. The molecule has 0 spiro atoms. The number of esters is 1. The van der Waals surface area contributed by atoms with Gasteiger partial charge in [-0.15, -0.1) is 0 Å². The second kappa shape index (κ2) is 8.01. The minimum Gasteiger partial charge on any atom is -0.468 e. The Hall–Kier alpha value is -2.88. The van der Waals surface area contributed by atoms with Crippen molar-refractivity contribution in [2.75, 3.05) is 20.2 Å². The van der Waals surface area contributed by atoms with Crippen LogP contribution in [-0.4, -0.2) is 56.2 Å². The van der Waals surface area contributed by atoms with Gasteiger partial charge in [0.15, 0.2) is 0 Å². The number of benzene rings is 1. The molecule has 0 saturated carbocycles. The van der Waals surface area contributed by atoms with Crippen LogP contribution in [0.3, 0.4) is 0 Å². The molecule has 1 aliphatic heterocycles. The summed E-state index contributed by atoms with van der Waals surface area (Å²) < 4.78 is 31.4. The molecule has 0 aliphatic carbocycles. The van der Waals surface area contributed by atoms with Gasteiger partial charge in [0.1, 0.15) is 17.1 Å². The molecule has 2 N–H and O–H groups in total. The Bertz CT molecular complexity index is 916. The monoisotopic (exact) mass is 409 g/mol. The highest BCUT2D eigenvalue weighted by molar-refractivity contribution is 7.99. The van der Waals surface area contributed by atoms with Crippen LogP contribution in [-0.2, 0) is 29.1 Å². The minimum absolute atomic E-state index is 0.186. The van der Waals surface area contributed by atoms with E-state index in [1.807, 2.05) is 0 Å². The van der Waals surface area contributed by atoms with Gasteiger partial charge in [0.25, 0.3) is 15.9 Å². The fourth-order valence-electron chi connectivity index (χ4n) is 2.71. The van der Waals surface area contributed by atoms with Crippen molar-refractivity contribution in [3.8, 4) is 0 Å². The summed E-state index contributed by atoms with van der Waals surface area (Å²) in [5, 5.41) is 4.94. The van der Waals surface area contributed by atoms with E-state index in [1.54, 1.807) is 51.1 Å². The standard InChI is InChI=1S/C18H23N3O6S/c1-18(2,3)21-17(24)15(20-10-13(22)19-11-14(23)27-4)16(28(21,25)26)12-8-6-5-7-9-12/h5-9,20H,10-11H2,1-4H3,(H,19,22). The second-order valence-corrected chi connectivity index (χ2v) is 8.75. The van der Waals surface area contributed by atoms with Gasteiger partial charge < -0.3 is 15.4 Å². The highest BCUT2D eigenvalue weighted by Gasteiger charge is 2.49. The number of carbonyl (C=O) groups excluding carboxylic acids is 3. The average molecular weight is 409 g/mol. The molecule has 28 heavy (non-hydrogen) atoms. The molecule has 10 heteroatoms. The number of hydrogen-bond donors (Lipinski definition) is 2. The predicted octanol–water partition coefficient (Wildman–Crippen LogP) is 0.205. The maximum absolute atomic E-state index is 13.1. The molecule has 1 heterocycles. The Morgan fingerprint density at radius 3 is 2.25 bits per heavy atom. The molecule has 0 bridgehead atoms. The fraction of sp³-hybridized carbons (Fsp3) is 0.389. The Kier molecular flexibility index (Phi) is 6.13. The first kappa shape index (κ1) is 21.4. The molecule has 1 aromatic rings. The first-order chi connectivity index (χ1) is 13.0. The number of ether oxygens (including phenoxy) is 1. The molecular formula is C18H23N3O6S. The van der Waals surface area contributed by atoms with Gasteiger partial charge in [0.05, 0.1) is 19.2 Å². The zero-order chi connectivity index (χ0) is 21.1. The van der Waals surface area contributed by atoms with Crippen molar-refractivity contribution in [2.24, 2.45) is 0 Å². The summed E-state index contributed by atoms with van der Waals surface area (Å²) in [4.78, 5) is 35.7. The van der Waals surface area contributed by atoms with E-state index in [1.165, 1.54) is 7.11 Å². The summed E-state index contributed by atoms with van der Waals surface area (Å²) in [6, 6.07) is 8.19. The molecule has 0 atom stereocenters. The third-order valence-corrected chi connectivity index (χ3v) is 6.00. The molecule has 2 rings (SSSR count). The first-order valence-electron chi connectivity index (χ1n) is 8.47. The van der Waals surface area contributed by atoms with E-state index in [4.69, 9.17) is 0 Å². The number of rotatable bonds is 6. The van der Waals surface area contributed by atoms with Gasteiger partial charge in [-0.05, 0) is 26.3 Å². The van der Waals surface area contributed by atoms with E-state index in [9.17, 15) is 22.8 Å². The summed E-state index contributed by atoms with van der Waals surface area (Å²) in [5.41, 5.74) is -0.846. The van der Waals surface area contributed by atoms with Crippen LogP contribution in [0.25, 0.3) is 4.91 Å². The SMILES string of the molecule is COC(=O)CNC(=O)CNC1=C(c2ccccc2)S(=O)(=O)N(C(C)(C)C)C1=O. The van der Waals surface area contributed by atoms with Crippen LogP contribution in [0, 0.1) is 0 Å². The largest absolute Gasteiger partial charge is 0.468 e. The van der Waals surface area contributed by atoms with E-state index < -0.39 is 33.3 Å². The van der Waals surface area contributed by atoms with Crippen molar-refractivity contribution in [3.63, 3.8) is 0 Å². The molecule has 9 nitrogen and oxygen atoms in total. The summed E-state index contributed by atoms with van der Waals surface area (Å²) in [6.07, 6.45) is 0. The van der Waals surface area contributed by atoms with Gasteiger partial charge >= 0.3 is 5.97 Å². The minimum atomic E-state index is -4.12. The molecule has 0 fully saturated rings. The Morgan fingerprint density at radius 2 is 1.71 bits per heavy atom. The van der Waals surface area contributed by atoms with Crippen LogP contribution in [0.1, 0.15) is 26.3 Å². The highest BCUT2D eigenvalue weighted by Crippen LogP contribution is 2.38. The Balaban J connectivity index is 2.37. The number of nitrogens with zero attached hydrogens (tertiary/aromatic N) is 1. The Morgan fingerprint density at radius 1 is 1.11 bits per heavy atom. The zero-order valence-corrected chi connectivity index (χ0v) is 16.9. The molecule has 0 radical (unpaired) electrons. The lowest BCUT2D eigenvalue weighted by atomic mass is 10.1. The fourth-order valence-corrected chi connectivity index (χ4v) is 4.77. The van der Waals surface area contributed by atoms with Gasteiger partial charge in [-0.3, -0.25) is 14.4 Å². The molecule has 2 amide bonds. The van der Waals surface area contributed by atoms with Crippen LogP contribution in [0.5, 0.6) is 0 Å². The maximum Gasteiger partial charge on any atom is 0.325 e. The lowest BCUT2D eigenvalue weighted by Gasteiger charge is -2.30. The number of carbonyl (C=O) groups is 3. The van der Waals surface area contributed by atoms with E-state index in [0.717, 1.165) is 4.31 Å². The third kappa shape index (κ3) is 4.33. The van der Waals surface area contributed by atoms with Crippen LogP contribution >= 0.6 is 0 Å². The van der Waals surface area contributed by atoms with Gasteiger partial charge in [-0.2, -0.15) is 0 Å². The van der Waals surface area contributed by atoms with Gasteiger partial charge in [-0.1, -0.05) is 30.3 Å². The number of methoxy groups -OCH3 is 1. The van der Waals surface area contributed by atoms with Crippen LogP contribution in [0.4, 0.5) is 0 Å². The number of amides is 2. The summed E-state index contributed by atoms with van der Waals surface area (Å²) in [5.74, 6) is -1.96. The highest BCUT2D eigenvalue weighted by atomic mass is 32.2. The van der Waals surface area contributed by atoms with Crippen molar-refractivity contribution in [1.29, 1.82) is 0 Å². The van der Waals surface area contributed by atoms with Crippen molar-refractivity contribution in [3.05, 3.63) is 41.6 Å². The smallest absolute Gasteiger partial charge is 0.325 e. The molecule has 152 valence electrons. The first-order valence-corrected chi connectivity index (χ1v) is 9.91.